The van der Waals surface area contributed by atoms with E-state index < -0.39 is 6.04 Å². The average Bonchev–Trinajstić information content (AvgIpc) is 3.27. The molecule has 30 heavy (non-hydrogen) atoms. The maximum Gasteiger partial charge on any atom is 0.322 e. The summed E-state index contributed by atoms with van der Waals surface area (Å²) in [6.45, 7) is 0.556. The quantitative estimate of drug-likeness (QED) is 0.517. The first kappa shape index (κ1) is 20.2. The molecule has 2 N–H and O–H groups in total. The number of nitrogens with one attached hydrogen (secondary N) is 2. The van der Waals surface area contributed by atoms with Gasteiger partial charge in [-0.2, -0.15) is 0 Å². The van der Waals surface area contributed by atoms with Crippen molar-refractivity contribution in [1.29, 1.82) is 0 Å². The van der Waals surface area contributed by atoms with Gasteiger partial charge in [0.25, 0.3) is 0 Å². The molecule has 3 aromatic rings. The summed E-state index contributed by atoms with van der Waals surface area (Å²) in [5.41, 5.74) is 3.43. The van der Waals surface area contributed by atoms with E-state index in [4.69, 9.17) is 0 Å². The first-order valence-corrected chi connectivity index (χ1v) is 10.7. The van der Waals surface area contributed by atoms with Gasteiger partial charge in [0.05, 0.1) is 0 Å². The summed E-state index contributed by atoms with van der Waals surface area (Å²) in [6.07, 6.45) is 1.44. The Balaban J connectivity index is 1.48. The van der Waals surface area contributed by atoms with E-state index in [1.165, 1.54) is 0 Å². The summed E-state index contributed by atoms with van der Waals surface area (Å²) in [5, 5.41) is 5.92. The number of para-hydroxylation sites is 1. The molecular formula is C24H22BrN3O2. The molecule has 6 heteroatoms. The lowest BCUT2D eigenvalue weighted by Gasteiger charge is -2.24. The number of hydrogen-bond donors (Lipinski definition) is 2. The van der Waals surface area contributed by atoms with Gasteiger partial charge in [0.15, 0.2) is 0 Å². The third-order valence-corrected chi connectivity index (χ3v) is 5.71. The normalized spacial score (nSPS) is 15.6. The molecule has 4 rings (SSSR count). The number of urea groups is 1. The Morgan fingerprint density at radius 3 is 2.33 bits per heavy atom. The van der Waals surface area contributed by atoms with E-state index in [-0.39, 0.29) is 11.9 Å². The van der Waals surface area contributed by atoms with Gasteiger partial charge in [-0.1, -0.05) is 64.5 Å². The molecule has 1 atom stereocenters. The molecule has 0 radical (unpaired) electrons. The second-order valence-electron chi connectivity index (χ2n) is 7.19. The predicted octanol–water partition coefficient (Wildman–Crippen LogP) is 5.75. The maximum absolute atomic E-state index is 13.1. The molecule has 0 spiro atoms. The average molecular weight is 464 g/mol. The van der Waals surface area contributed by atoms with Crippen molar-refractivity contribution >= 4 is 39.2 Å². The molecule has 1 saturated heterocycles. The Labute approximate surface area is 184 Å². The largest absolute Gasteiger partial charge is 0.324 e. The molecule has 5 nitrogen and oxygen atoms in total. The lowest BCUT2D eigenvalue weighted by molar-refractivity contribution is -0.119. The van der Waals surface area contributed by atoms with Crippen molar-refractivity contribution in [2.75, 3.05) is 17.2 Å². The number of likely N-dealkylation sites (tertiary alicyclic amines) is 1. The first-order chi connectivity index (χ1) is 14.6. The summed E-state index contributed by atoms with van der Waals surface area (Å²) >= 11 is 3.38. The highest BCUT2D eigenvalue weighted by atomic mass is 79.9. The highest BCUT2D eigenvalue weighted by molar-refractivity contribution is 9.10. The summed E-state index contributed by atoms with van der Waals surface area (Å²) in [5.74, 6) is -0.165. The number of carbonyl (C=O) groups excluding carboxylic acids is 2. The number of amides is 3. The van der Waals surface area contributed by atoms with Crippen LogP contribution in [0, 0.1) is 0 Å². The molecule has 1 aliphatic rings. The van der Waals surface area contributed by atoms with Crippen LogP contribution in [0.15, 0.2) is 83.3 Å². The van der Waals surface area contributed by atoms with E-state index in [0.717, 1.165) is 27.7 Å². The fraction of sp³-hybridized carbons (Fsp3) is 0.167. The zero-order chi connectivity index (χ0) is 20.9. The molecule has 1 fully saturated rings. The summed E-state index contributed by atoms with van der Waals surface area (Å²) in [6, 6.07) is 24.3. The van der Waals surface area contributed by atoms with Gasteiger partial charge >= 0.3 is 6.03 Å². The summed E-state index contributed by atoms with van der Waals surface area (Å²) in [4.78, 5) is 27.5. The van der Waals surface area contributed by atoms with Gasteiger partial charge in [0.2, 0.25) is 5.91 Å². The fourth-order valence-corrected chi connectivity index (χ4v) is 3.95. The van der Waals surface area contributed by atoms with E-state index in [9.17, 15) is 9.59 Å². The van der Waals surface area contributed by atoms with E-state index in [0.29, 0.717) is 18.7 Å². The van der Waals surface area contributed by atoms with Crippen molar-refractivity contribution in [2.45, 2.75) is 18.9 Å². The molecule has 1 aliphatic heterocycles. The van der Waals surface area contributed by atoms with Crippen LogP contribution in [0.4, 0.5) is 16.2 Å². The number of benzene rings is 3. The van der Waals surface area contributed by atoms with Crippen LogP contribution >= 0.6 is 15.9 Å². The van der Waals surface area contributed by atoms with Gasteiger partial charge < -0.3 is 15.5 Å². The number of carbonyl (C=O) groups is 2. The van der Waals surface area contributed by atoms with Gasteiger partial charge in [-0.3, -0.25) is 4.79 Å². The highest BCUT2D eigenvalue weighted by Gasteiger charge is 2.34. The van der Waals surface area contributed by atoms with Gasteiger partial charge in [-0.25, -0.2) is 4.79 Å². The smallest absolute Gasteiger partial charge is 0.322 e. The topological polar surface area (TPSA) is 61.4 Å². The number of rotatable bonds is 4. The van der Waals surface area contributed by atoms with E-state index in [1.54, 1.807) is 4.90 Å². The van der Waals surface area contributed by atoms with E-state index >= 15 is 0 Å². The Morgan fingerprint density at radius 2 is 1.57 bits per heavy atom. The minimum Gasteiger partial charge on any atom is -0.324 e. The third kappa shape index (κ3) is 4.54. The molecule has 0 saturated carbocycles. The lowest BCUT2D eigenvalue weighted by atomic mass is 10.0. The standard InChI is InChI=1S/C24H22BrN3O2/c25-18-12-14-19(15-13-18)26-24(30)28-16-6-11-22(28)23(29)27-21-10-5-4-9-20(21)17-7-2-1-3-8-17/h1-5,7-10,12-15,22H,6,11,16H2,(H,26,30)(H,27,29). The molecule has 1 heterocycles. The van der Waals surface area contributed by atoms with Crippen molar-refractivity contribution in [3.05, 3.63) is 83.3 Å². The number of hydrogen-bond acceptors (Lipinski definition) is 2. The monoisotopic (exact) mass is 463 g/mol. The zero-order valence-electron chi connectivity index (χ0n) is 16.3. The highest BCUT2D eigenvalue weighted by Crippen LogP contribution is 2.29. The van der Waals surface area contributed by atoms with Crippen LogP contribution in [0.2, 0.25) is 0 Å². The van der Waals surface area contributed by atoms with Crippen LogP contribution in [-0.4, -0.2) is 29.4 Å². The minimum atomic E-state index is -0.496. The second-order valence-corrected chi connectivity index (χ2v) is 8.11. The lowest BCUT2D eigenvalue weighted by Crippen LogP contribution is -2.45. The van der Waals surface area contributed by atoms with Gasteiger partial charge in [0.1, 0.15) is 6.04 Å². The van der Waals surface area contributed by atoms with E-state index in [2.05, 4.69) is 26.6 Å². The van der Waals surface area contributed by atoms with E-state index in [1.807, 2.05) is 78.9 Å². The van der Waals surface area contributed by atoms with Crippen molar-refractivity contribution in [3.63, 3.8) is 0 Å². The first-order valence-electron chi connectivity index (χ1n) is 9.90. The minimum absolute atomic E-state index is 0.165. The fourth-order valence-electron chi connectivity index (χ4n) is 3.69. The zero-order valence-corrected chi connectivity index (χ0v) is 17.9. The van der Waals surface area contributed by atoms with Crippen molar-refractivity contribution in [2.24, 2.45) is 0 Å². The molecule has 152 valence electrons. The van der Waals surface area contributed by atoms with Gasteiger partial charge in [-0.15, -0.1) is 0 Å². The van der Waals surface area contributed by atoms with Crippen molar-refractivity contribution in [1.82, 2.24) is 4.90 Å². The number of anilines is 2. The molecule has 1 unspecified atom stereocenters. The molecule has 3 amide bonds. The molecule has 3 aromatic carbocycles. The van der Waals surface area contributed by atoms with Crippen LogP contribution in [0.25, 0.3) is 11.1 Å². The van der Waals surface area contributed by atoms with Crippen molar-refractivity contribution < 1.29 is 9.59 Å². The Bertz CT molecular complexity index is 1040. The SMILES string of the molecule is O=C(Nc1ccccc1-c1ccccc1)C1CCCN1C(=O)Nc1ccc(Br)cc1. The molecule has 0 bridgehead atoms. The summed E-state index contributed by atoms with van der Waals surface area (Å²) < 4.78 is 0.941. The molecular weight excluding hydrogens is 442 g/mol. The Hall–Kier alpha value is -3.12. The van der Waals surface area contributed by atoms with Crippen LogP contribution in [-0.2, 0) is 4.79 Å². The number of halogens is 1. The van der Waals surface area contributed by atoms with Crippen molar-refractivity contribution in [3.8, 4) is 11.1 Å². The summed E-state index contributed by atoms with van der Waals surface area (Å²) in [7, 11) is 0. The molecule has 0 aromatic heterocycles. The van der Waals surface area contributed by atoms with Crippen LogP contribution in [0.3, 0.4) is 0 Å². The Morgan fingerprint density at radius 1 is 0.867 bits per heavy atom. The van der Waals surface area contributed by atoms with Crippen LogP contribution in [0.1, 0.15) is 12.8 Å². The van der Waals surface area contributed by atoms with Gasteiger partial charge in [-0.05, 0) is 48.7 Å². The van der Waals surface area contributed by atoms with Crippen LogP contribution in [0.5, 0.6) is 0 Å². The third-order valence-electron chi connectivity index (χ3n) is 5.18. The molecule has 0 aliphatic carbocycles. The Kier molecular flexibility index (Phi) is 6.14. The van der Waals surface area contributed by atoms with Crippen LogP contribution < -0.4 is 10.6 Å². The number of nitrogens with zero attached hydrogens (tertiary/aromatic N) is 1. The predicted molar refractivity (Wildman–Crippen MR) is 123 cm³/mol. The maximum atomic E-state index is 13.1. The van der Waals surface area contributed by atoms with Gasteiger partial charge in [0, 0.05) is 28.0 Å². The second kappa shape index (κ2) is 9.13.